The van der Waals surface area contributed by atoms with E-state index in [-0.39, 0.29) is 12.4 Å². The third-order valence-corrected chi connectivity index (χ3v) is 2.64. The molecule has 0 aliphatic rings. The zero-order valence-electron chi connectivity index (χ0n) is 8.99. The highest BCUT2D eigenvalue weighted by Crippen LogP contribution is 2.25. The first-order valence-electron chi connectivity index (χ1n) is 5.08. The van der Waals surface area contributed by atoms with E-state index in [4.69, 9.17) is 22.1 Å². The fraction of sp³-hybridized carbons (Fsp3) is 0.0769. The first kappa shape index (κ1) is 11.7. The molecule has 0 saturated heterocycles. The molecular formula is C13H11ClFNO. The lowest BCUT2D eigenvalue weighted by Crippen LogP contribution is -2.00. The van der Waals surface area contributed by atoms with Crippen LogP contribution in [0.4, 0.5) is 10.1 Å². The highest BCUT2D eigenvalue weighted by atomic mass is 35.5. The van der Waals surface area contributed by atoms with E-state index in [1.165, 1.54) is 12.1 Å². The molecule has 0 heterocycles. The summed E-state index contributed by atoms with van der Waals surface area (Å²) in [6.45, 7) is 0.260. The van der Waals surface area contributed by atoms with Crippen LogP contribution in [0.25, 0.3) is 0 Å². The van der Waals surface area contributed by atoms with Crippen molar-refractivity contribution in [2.45, 2.75) is 6.61 Å². The number of hydrogen-bond acceptors (Lipinski definition) is 2. The van der Waals surface area contributed by atoms with Crippen molar-refractivity contribution in [1.82, 2.24) is 0 Å². The van der Waals surface area contributed by atoms with Gasteiger partial charge < -0.3 is 10.5 Å². The highest BCUT2D eigenvalue weighted by molar-refractivity contribution is 6.32. The summed E-state index contributed by atoms with van der Waals surface area (Å²) in [5.41, 5.74) is 6.77. The second-order valence-corrected chi connectivity index (χ2v) is 3.97. The standard InChI is InChI=1S/C13H11ClFNO/c14-11-3-1-2-4-13(11)17-8-9-5-6-10(15)7-12(9)16/h1-7H,8,16H2. The van der Waals surface area contributed by atoms with Crippen molar-refractivity contribution in [3.63, 3.8) is 0 Å². The van der Waals surface area contributed by atoms with Gasteiger partial charge in [-0.15, -0.1) is 0 Å². The quantitative estimate of drug-likeness (QED) is 0.846. The Hall–Kier alpha value is -1.74. The zero-order valence-corrected chi connectivity index (χ0v) is 9.75. The second kappa shape index (κ2) is 5.06. The molecule has 2 rings (SSSR count). The summed E-state index contributed by atoms with van der Waals surface area (Å²) in [5.74, 6) is 0.224. The molecule has 88 valence electrons. The molecule has 0 unspecified atom stereocenters. The lowest BCUT2D eigenvalue weighted by molar-refractivity contribution is 0.307. The van der Waals surface area contributed by atoms with E-state index in [1.807, 2.05) is 12.1 Å². The molecule has 17 heavy (non-hydrogen) atoms. The van der Waals surface area contributed by atoms with Gasteiger partial charge in [-0.1, -0.05) is 29.8 Å². The minimum absolute atomic E-state index is 0.260. The molecule has 0 fully saturated rings. The van der Waals surface area contributed by atoms with Gasteiger partial charge in [-0.3, -0.25) is 0 Å². The van der Waals surface area contributed by atoms with Gasteiger partial charge in [0.05, 0.1) is 5.02 Å². The van der Waals surface area contributed by atoms with Crippen molar-refractivity contribution in [2.24, 2.45) is 0 Å². The number of para-hydroxylation sites is 1. The second-order valence-electron chi connectivity index (χ2n) is 3.56. The van der Waals surface area contributed by atoms with E-state index in [9.17, 15) is 4.39 Å². The number of ether oxygens (including phenoxy) is 1. The predicted octanol–water partition coefficient (Wildman–Crippen LogP) is 3.64. The van der Waals surface area contributed by atoms with Gasteiger partial charge in [0.25, 0.3) is 0 Å². The molecule has 2 nitrogen and oxygen atoms in total. The van der Waals surface area contributed by atoms with Gasteiger partial charge in [0.15, 0.2) is 0 Å². The third kappa shape index (κ3) is 2.88. The maximum absolute atomic E-state index is 12.8. The normalized spacial score (nSPS) is 10.2. The van der Waals surface area contributed by atoms with Crippen molar-refractivity contribution >= 4 is 17.3 Å². The van der Waals surface area contributed by atoms with Crippen LogP contribution in [0.1, 0.15) is 5.56 Å². The van der Waals surface area contributed by atoms with Gasteiger partial charge in [-0.05, 0) is 24.3 Å². The summed E-state index contributed by atoms with van der Waals surface area (Å²) >= 11 is 5.94. The van der Waals surface area contributed by atoms with Crippen LogP contribution in [0.2, 0.25) is 5.02 Å². The zero-order chi connectivity index (χ0) is 12.3. The molecule has 0 atom stereocenters. The molecule has 0 aliphatic heterocycles. The van der Waals surface area contributed by atoms with Gasteiger partial charge in [-0.25, -0.2) is 4.39 Å². The summed E-state index contributed by atoms with van der Waals surface area (Å²) in [6.07, 6.45) is 0. The molecule has 2 aromatic carbocycles. The number of rotatable bonds is 3. The Labute approximate surface area is 104 Å². The van der Waals surface area contributed by atoms with Crippen LogP contribution in [0.3, 0.4) is 0 Å². The van der Waals surface area contributed by atoms with Crippen molar-refractivity contribution in [1.29, 1.82) is 0 Å². The number of nitrogens with two attached hydrogens (primary N) is 1. The average Bonchev–Trinajstić information content (AvgIpc) is 2.30. The highest BCUT2D eigenvalue weighted by Gasteiger charge is 2.04. The Morgan fingerprint density at radius 3 is 2.65 bits per heavy atom. The average molecular weight is 252 g/mol. The SMILES string of the molecule is Nc1cc(F)ccc1COc1ccccc1Cl. The smallest absolute Gasteiger partial charge is 0.138 e. The minimum Gasteiger partial charge on any atom is -0.487 e. The summed E-state index contributed by atoms with van der Waals surface area (Å²) in [7, 11) is 0. The lowest BCUT2D eigenvalue weighted by Gasteiger charge is -2.09. The Morgan fingerprint density at radius 2 is 1.94 bits per heavy atom. The van der Waals surface area contributed by atoms with E-state index in [2.05, 4.69) is 0 Å². The topological polar surface area (TPSA) is 35.2 Å². The third-order valence-electron chi connectivity index (χ3n) is 2.33. The molecular weight excluding hydrogens is 241 g/mol. The molecule has 2 aromatic rings. The van der Waals surface area contributed by atoms with Crippen LogP contribution in [-0.2, 0) is 6.61 Å². The van der Waals surface area contributed by atoms with Gasteiger partial charge >= 0.3 is 0 Å². The lowest BCUT2D eigenvalue weighted by atomic mass is 10.2. The van der Waals surface area contributed by atoms with Gasteiger partial charge in [0.2, 0.25) is 0 Å². The van der Waals surface area contributed by atoms with Gasteiger partial charge in [0, 0.05) is 11.3 Å². The Bertz CT molecular complexity index is 531. The maximum Gasteiger partial charge on any atom is 0.138 e. The summed E-state index contributed by atoms with van der Waals surface area (Å²) in [4.78, 5) is 0. The van der Waals surface area contributed by atoms with Crippen LogP contribution in [0.15, 0.2) is 42.5 Å². The molecule has 0 radical (unpaired) electrons. The first-order valence-corrected chi connectivity index (χ1v) is 5.46. The van der Waals surface area contributed by atoms with Gasteiger partial charge in [0.1, 0.15) is 18.2 Å². The molecule has 0 aromatic heterocycles. The fourth-order valence-electron chi connectivity index (χ4n) is 1.41. The molecule has 0 aliphatic carbocycles. The molecule has 0 bridgehead atoms. The van der Waals surface area contributed by atoms with Crippen molar-refractivity contribution < 1.29 is 9.13 Å². The molecule has 0 amide bonds. The van der Waals surface area contributed by atoms with Gasteiger partial charge in [-0.2, -0.15) is 0 Å². The van der Waals surface area contributed by atoms with Crippen LogP contribution in [0, 0.1) is 5.82 Å². The summed E-state index contributed by atoms with van der Waals surface area (Å²) in [5, 5.41) is 0.535. The number of nitrogen functional groups attached to an aromatic ring is 1. The number of hydrogen-bond donors (Lipinski definition) is 1. The number of halogens is 2. The van der Waals surface area contributed by atoms with E-state index < -0.39 is 0 Å². The van der Waals surface area contributed by atoms with E-state index >= 15 is 0 Å². The molecule has 0 spiro atoms. The monoisotopic (exact) mass is 251 g/mol. The van der Waals surface area contributed by atoms with E-state index in [0.717, 1.165) is 5.56 Å². The Balaban J connectivity index is 2.10. The predicted molar refractivity (Wildman–Crippen MR) is 66.6 cm³/mol. The van der Waals surface area contributed by atoms with Crippen LogP contribution in [0.5, 0.6) is 5.75 Å². The maximum atomic E-state index is 12.8. The molecule has 4 heteroatoms. The number of benzene rings is 2. The Kier molecular flexibility index (Phi) is 3.49. The van der Waals surface area contributed by atoms with Crippen LogP contribution < -0.4 is 10.5 Å². The summed E-state index contributed by atoms with van der Waals surface area (Å²) < 4.78 is 18.3. The molecule has 2 N–H and O–H groups in total. The van der Waals surface area contributed by atoms with E-state index in [1.54, 1.807) is 18.2 Å². The van der Waals surface area contributed by atoms with Crippen LogP contribution in [-0.4, -0.2) is 0 Å². The van der Waals surface area contributed by atoms with E-state index in [0.29, 0.717) is 16.5 Å². The summed E-state index contributed by atoms with van der Waals surface area (Å²) in [6, 6.07) is 11.4. The van der Waals surface area contributed by atoms with Crippen molar-refractivity contribution in [2.75, 3.05) is 5.73 Å². The minimum atomic E-state index is -0.357. The van der Waals surface area contributed by atoms with Crippen molar-refractivity contribution in [3.05, 3.63) is 58.9 Å². The van der Waals surface area contributed by atoms with Crippen LogP contribution >= 0.6 is 11.6 Å². The fourth-order valence-corrected chi connectivity index (χ4v) is 1.60. The Morgan fingerprint density at radius 1 is 1.18 bits per heavy atom. The van der Waals surface area contributed by atoms with Crippen molar-refractivity contribution in [3.8, 4) is 5.75 Å². The molecule has 0 saturated carbocycles. The largest absolute Gasteiger partial charge is 0.487 e. The number of anilines is 1. The first-order chi connectivity index (χ1) is 8.16.